The normalized spacial score (nSPS) is 11.3. The highest BCUT2D eigenvalue weighted by Gasteiger charge is 2.36. The first-order valence-corrected chi connectivity index (χ1v) is 10.5. The van der Waals surface area contributed by atoms with Gasteiger partial charge in [0.25, 0.3) is 0 Å². The zero-order valence-corrected chi connectivity index (χ0v) is 17.9. The number of carboxylic acids is 1. The molecule has 0 bridgehead atoms. The molecule has 3 rings (SSSR count). The Balaban J connectivity index is 1.86. The van der Waals surface area contributed by atoms with E-state index in [-0.39, 0.29) is 18.5 Å². The zero-order valence-electron chi connectivity index (χ0n) is 17.9. The van der Waals surface area contributed by atoms with Gasteiger partial charge in [0.15, 0.2) is 0 Å². The molecule has 2 aromatic carbocycles. The molecule has 5 nitrogen and oxygen atoms in total. The molecule has 0 atom stereocenters. The van der Waals surface area contributed by atoms with Gasteiger partial charge in [-0.1, -0.05) is 55.8 Å². The largest absolute Gasteiger partial charge is 0.478 e. The number of aryl methyl sites for hydroxylation is 1. The van der Waals surface area contributed by atoms with Gasteiger partial charge in [0.2, 0.25) is 5.82 Å². The summed E-state index contributed by atoms with van der Waals surface area (Å²) in [5.41, 5.74) is 2.41. The lowest BCUT2D eigenvalue weighted by atomic mass is 9.99. The van der Waals surface area contributed by atoms with E-state index in [1.807, 2.05) is 31.2 Å². The van der Waals surface area contributed by atoms with E-state index in [0.29, 0.717) is 37.1 Å². The first kappa shape index (κ1) is 23.1. The number of benzene rings is 2. The van der Waals surface area contributed by atoms with Crippen LogP contribution in [0, 0.1) is 12.3 Å². The van der Waals surface area contributed by atoms with Crippen molar-refractivity contribution in [2.24, 2.45) is 0 Å². The number of terminal acetylenes is 1. The fraction of sp³-hybridized carbons (Fsp3) is 0.320. The summed E-state index contributed by atoms with van der Waals surface area (Å²) in [6, 6.07) is 14.0. The molecule has 0 radical (unpaired) electrons. The second kappa shape index (κ2) is 10.2. The summed E-state index contributed by atoms with van der Waals surface area (Å²) in [4.78, 5) is 15.6. The van der Waals surface area contributed by atoms with Gasteiger partial charge >= 0.3 is 11.9 Å². The summed E-state index contributed by atoms with van der Waals surface area (Å²) in [7, 11) is 0. The molecule has 0 aliphatic heterocycles. The molecule has 166 valence electrons. The number of carbonyl (C=O) groups is 1. The second-order valence-corrected chi connectivity index (χ2v) is 7.57. The van der Waals surface area contributed by atoms with Crippen LogP contribution in [0.4, 0.5) is 8.78 Å². The third-order valence-corrected chi connectivity index (χ3v) is 5.17. The monoisotopic (exact) mass is 437 g/mol. The third-order valence-electron chi connectivity index (χ3n) is 5.17. The van der Waals surface area contributed by atoms with Crippen molar-refractivity contribution in [2.75, 3.05) is 0 Å². The lowest BCUT2D eigenvalue weighted by Crippen LogP contribution is -2.16. The van der Waals surface area contributed by atoms with Crippen LogP contribution in [0.15, 0.2) is 48.5 Å². The van der Waals surface area contributed by atoms with Crippen LogP contribution in [0.5, 0.6) is 0 Å². The highest BCUT2D eigenvalue weighted by atomic mass is 19.3. The van der Waals surface area contributed by atoms with Crippen LogP contribution in [0.3, 0.4) is 0 Å². The number of rotatable bonds is 10. The van der Waals surface area contributed by atoms with Crippen LogP contribution < -0.4 is 0 Å². The topological polar surface area (TPSA) is 68.0 Å². The zero-order chi connectivity index (χ0) is 23.1. The molecule has 0 spiro atoms. The number of carboxylic acid groups (broad SMARTS) is 1. The minimum atomic E-state index is -3.09. The van der Waals surface area contributed by atoms with Gasteiger partial charge in [0, 0.05) is 19.3 Å². The number of hydrogen-bond donors (Lipinski definition) is 1. The quantitative estimate of drug-likeness (QED) is 0.423. The molecule has 1 aromatic heterocycles. The second-order valence-electron chi connectivity index (χ2n) is 7.57. The molecule has 0 aliphatic carbocycles. The summed E-state index contributed by atoms with van der Waals surface area (Å²) in [6.07, 6.45) is 6.84. The molecule has 32 heavy (non-hydrogen) atoms. The van der Waals surface area contributed by atoms with E-state index in [0.717, 1.165) is 11.1 Å². The van der Waals surface area contributed by atoms with Crippen LogP contribution in [0.2, 0.25) is 0 Å². The molecule has 0 amide bonds. The van der Waals surface area contributed by atoms with E-state index in [1.54, 1.807) is 24.3 Å². The van der Waals surface area contributed by atoms with E-state index in [9.17, 15) is 18.7 Å². The standard InChI is InChI=1S/C25H25F2N3O2/c1-3-5-11-22-28-24(25(26,27)16-6-4-2)29-30(22)17-18-12-14-19(15-13-18)20-9-7-8-10-21(20)23(31)32/h1,7-10,12-15H,4-6,11,16-17H2,2H3,(H,31,32). The number of halogens is 2. The number of hydrogen-bond acceptors (Lipinski definition) is 3. The van der Waals surface area contributed by atoms with Gasteiger partial charge < -0.3 is 5.11 Å². The van der Waals surface area contributed by atoms with Crippen LogP contribution in [-0.2, 0) is 18.9 Å². The number of aromatic nitrogens is 3. The summed E-state index contributed by atoms with van der Waals surface area (Å²) in [5.74, 6) is -1.61. The van der Waals surface area contributed by atoms with Gasteiger partial charge in [-0.3, -0.25) is 0 Å². The summed E-state index contributed by atoms with van der Waals surface area (Å²) >= 11 is 0. The Labute approximate surface area is 186 Å². The molecule has 3 aromatic rings. The van der Waals surface area contributed by atoms with E-state index >= 15 is 0 Å². The van der Waals surface area contributed by atoms with Gasteiger partial charge in [-0.05, 0) is 29.2 Å². The highest BCUT2D eigenvalue weighted by molar-refractivity contribution is 5.95. The molecule has 0 unspecified atom stereocenters. The fourth-order valence-electron chi connectivity index (χ4n) is 3.42. The molecule has 1 heterocycles. The lowest BCUT2D eigenvalue weighted by Gasteiger charge is -2.11. The molecule has 7 heteroatoms. The maximum atomic E-state index is 14.5. The Hall–Kier alpha value is -3.53. The van der Waals surface area contributed by atoms with Crippen molar-refractivity contribution >= 4 is 5.97 Å². The minimum absolute atomic E-state index is 0.215. The van der Waals surface area contributed by atoms with Crippen molar-refractivity contribution < 1.29 is 18.7 Å². The fourth-order valence-corrected chi connectivity index (χ4v) is 3.42. The van der Waals surface area contributed by atoms with Crippen molar-refractivity contribution in [1.29, 1.82) is 0 Å². The lowest BCUT2D eigenvalue weighted by molar-refractivity contribution is -0.0245. The van der Waals surface area contributed by atoms with Crippen molar-refractivity contribution in [3.05, 3.63) is 71.3 Å². The SMILES string of the molecule is C#CCCc1nc(C(F)(F)CCCC)nn1Cc1ccc(-c2ccccc2C(=O)O)cc1. The average molecular weight is 437 g/mol. The number of unbranched alkanes of at least 4 members (excludes halogenated alkanes) is 1. The summed E-state index contributed by atoms with van der Waals surface area (Å²) in [6.45, 7) is 2.12. The first-order chi connectivity index (χ1) is 15.4. The number of aromatic carboxylic acids is 1. The van der Waals surface area contributed by atoms with Gasteiger partial charge in [-0.2, -0.15) is 8.78 Å². The maximum Gasteiger partial charge on any atom is 0.336 e. The highest BCUT2D eigenvalue weighted by Crippen LogP contribution is 2.31. The van der Waals surface area contributed by atoms with Gasteiger partial charge in [0.05, 0.1) is 12.1 Å². The van der Waals surface area contributed by atoms with Crippen LogP contribution >= 0.6 is 0 Å². The van der Waals surface area contributed by atoms with Crippen LogP contribution in [-0.4, -0.2) is 25.8 Å². The first-order valence-electron chi connectivity index (χ1n) is 10.5. The molecular weight excluding hydrogens is 412 g/mol. The van der Waals surface area contributed by atoms with E-state index in [4.69, 9.17) is 6.42 Å². The van der Waals surface area contributed by atoms with Crippen molar-refractivity contribution in [3.8, 4) is 23.5 Å². The van der Waals surface area contributed by atoms with E-state index < -0.39 is 17.7 Å². The summed E-state index contributed by atoms with van der Waals surface area (Å²) in [5, 5.41) is 13.5. The predicted molar refractivity (Wildman–Crippen MR) is 119 cm³/mol. The van der Waals surface area contributed by atoms with Crippen molar-refractivity contribution in [3.63, 3.8) is 0 Å². The van der Waals surface area contributed by atoms with Crippen LogP contribution in [0.1, 0.15) is 60.2 Å². The smallest absolute Gasteiger partial charge is 0.336 e. The molecule has 1 N–H and O–H groups in total. The Morgan fingerprint density at radius 2 is 1.91 bits per heavy atom. The minimum Gasteiger partial charge on any atom is -0.478 e. The van der Waals surface area contributed by atoms with Crippen molar-refractivity contribution in [2.45, 2.75) is 51.5 Å². The number of alkyl halides is 2. The maximum absolute atomic E-state index is 14.5. The molecule has 0 saturated heterocycles. The third kappa shape index (κ3) is 5.38. The Bertz CT molecular complexity index is 1110. The van der Waals surface area contributed by atoms with Crippen molar-refractivity contribution in [1.82, 2.24) is 14.8 Å². The number of nitrogens with zero attached hydrogens (tertiary/aromatic N) is 3. The Morgan fingerprint density at radius 3 is 2.56 bits per heavy atom. The van der Waals surface area contributed by atoms with E-state index in [1.165, 1.54) is 4.68 Å². The van der Waals surface area contributed by atoms with Gasteiger partial charge in [0.1, 0.15) is 5.82 Å². The molecule has 0 saturated carbocycles. The van der Waals surface area contributed by atoms with Crippen LogP contribution in [0.25, 0.3) is 11.1 Å². The summed E-state index contributed by atoms with van der Waals surface area (Å²) < 4.78 is 30.5. The van der Waals surface area contributed by atoms with E-state index in [2.05, 4.69) is 16.0 Å². The predicted octanol–water partition coefficient (Wildman–Crippen LogP) is 5.54. The Kier molecular flexibility index (Phi) is 7.37. The average Bonchev–Trinajstić information content (AvgIpc) is 3.20. The molecule has 0 aliphatic rings. The Morgan fingerprint density at radius 1 is 1.19 bits per heavy atom. The molecular formula is C25H25F2N3O2. The molecule has 0 fully saturated rings. The van der Waals surface area contributed by atoms with Gasteiger partial charge in [-0.15, -0.1) is 17.4 Å². The van der Waals surface area contributed by atoms with Gasteiger partial charge in [-0.25, -0.2) is 14.5 Å².